The van der Waals surface area contributed by atoms with E-state index < -0.39 is 17.4 Å². The maximum Gasteiger partial charge on any atom is 0.416 e. The van der Waals surface area contributed by atoms with Crippen molar-refractivity contribution in [2.24, 2.45) is 0 Å². The van der Waals surface area contributed by atoms with Crippen molar-refractivity contribution in [3.63, 3.8) is 0 Å². The van der Waals surface area contributed by atoms with Gasteiger partial charge < -0.3 is 19.9 Å². The molecular weight excluding hydrogens is 397 g/mol. The summed E-state index contributed by atoms with van der Waals surface area (Å²) in [6, 6.07) is 5.02. The van der Waals surface area contributed by atoms with E-state index in [1.807, 2.05) is 0 Å². The minimum Gasteiger partial charge on any atom is -0.493 e. The smallest absolute Gasteiger partial charge is 0.416 e. The number of hydrogen-bond acceptors (Lipinski definition) is 4. The highest BCUT2D eigenvalue weighted by Crippen LogP contribution is 2.36. The van der Waals surface area contributed by atoms with E-state index in [2.05, 4.69) is 21.8 Å². The first-order valence-corrected chi connectivity index (χ1v) is 10.4. The molecule has 2 aliphatic rings. The average Bonchev–Trinajstić information content (AvgIpc) is 3.02. The third kappa shape index (κ3) is 4.13. The number of hydrogen-bond donors (Lipinski definition) is 2. The van der Waals surface area contributed by atoms with E-state index in [0.29, 0.717) is 6.04 Å². The van der Waals surface area contributed by atoms with Gasteiger partial charge in [0.15, 0.2) is 0 Å². The van der Waals surface area contributed by atoms with Crippen molar-refractivity contribution in [3.8, 4) is 17.1 Å². The van der Waals surface area contributed by atoms with E-state index in [1.54, 1.807) is 0 Å². The average molecular weight is 424 g/mol. The first-order chi connectivity index (χ1) is 14.2. The number of nitrogens with zero attached hydrogens (tertiary/aromatic N) is 3. The zero-order valence-electron chi connectivity index (χ0n) is 17.0. The number of rotatable bonds is 3. The molecule has 30 heavy (non-hydrogen) atoms. The van der Waals surface area contributed by atoms with E-state index in [-0.39, 0.29) is 23.2 Å². The lowest BCUT2D eigenvalue weighted by atomic mass is 9.98. The number of H-pyrrole nitrogens is 1. The quantitative estimate of drug-likeness (QED) is 0.794. The Bertz CT molecular complexity index is 936. The molecule has 0 spiro atoms. The van der Waals surface area contributed by atoms with Crippen LogP contribution in [0.2, 0.25) is 0 Å². The number of alkyl halides is 3. The molecule has 3 heterocycles. The van der Waals surface area contributed by atoms with Crippen molar-refractivity contribution in [3.05, 3.63) is 40.3 Å². The summed E-state index contributed by atoms with van der Waals surface area (Å²) >= 11 is 0. The topological polar surface area (TPSA) is 64.5 Å². The normalized spacial score (nSPS) is 20.7. The molecule has 0 unspecified atom stereocenters. The molecule has 2 aliphatic heterocycles. The number of imidazole rings is 1. The molecule has 2 N–H and O–H groups in total. The van der Waals surface area contributed by atoms with Crippen LogP contribution < -0.4 is 5.69 Å². The highest BCUT2D eigenvalue weighted by molar-refractivity contribution is 5.65. The van der Waals surface area contributed by atoms with Crippen molar-refractivity contribution in [1.29, 1.82) is 0 Å². The summed E-state index contributed by atoms with van der Waals surface area (Å²) in [5.41, 5.74) is -1.14. The van der Waals surface area contributed by atoms with Crippen molar-refractivity contribution in [2.45, 2.75) is 43.9 Å². The summed E-state index contributed by atoms with van der Waals surface area (Å²) in [5.74, 6) is -0.294. The lowest BCUT2D eigenvalue weighted by Crippen LogP contribution is -2.47. The molecule has 0 saturated carbocycles. The van der Waals surface area contributed by atoms with E-state index in [4.69, 9.17) is 0 Å². The van der Waals surface area contributed by atoms with Gasteiger partial charge in [0.25, 0.3) is 0 Å². The Labute approximate surface area is 172 Å². The Kier molecular flexibility index (Phi) is 5.67. The maximum absolute atomic E-state index is 13.0. The summed E-state index contributed by atoms with van der Waals surface area (Å²) in [6.45, 7) is 3.86. The molecule has 2 saturated heterocycles. The molecule has 9 heteroatoms. The highest BCUT2D eigenvalue weighted by atomic mass is 19.4. The van der Waals surface area contributed by atoms with Crippen molar-refractivity contribution in [2.75, 3.05) is 33.2 Å². The first kappa shape index (κ1) is 21.0. The van der Waals surface area contributed by atoms with Gasteiger partial charge in [0.2, 0.25) is 5.88 Å². The van der Waals surface area contributed by atoms with Gasteiger partial charge in [0.1, 0.15) is 5.69 Å². The fourth-order valence-corrected chi connectivity index (χ4v) is 4.70. The lowest BCUT2D eigenvalue weighted by molar-refractivity contribution is -0.137. The summed E-state index contributed by atoms with van der Waals surface area (Å²) in [4.78, 5) is 19.9. The highest BCUT2D eigenvalue weighted by Gasteiger charge is 2.32. The first-order valence-electron chi connectivity index (χ1n) is 10.4. The zero-order valence-corrected chi connectivity index (χ0v) is 17.0. The number of benzene rings is 1. The van der Waals surface area contributed by atoms with E-state index in [9.17, 15) is 23.1 Å². The zero-order chi connectivity index (χ0) is 21.5. The molecule has 1 aromatic heterocycles. The van der Waals surface area contributed by atoms with Gasteiger partial charge in [-0.05, 0) is 58.0 Å². The fraction of sp³-hybridized carbons (Fsp3) is 0.571. The van der Waals surface area contributed by atoms with Gasteiger partial charge in [-0.3, -0.25) is 4.57 Å². The van der Waals surface area contributed by atoms with Crippen LogP contribution in [0.25, 0.3) is 11.3 Å². The van der Waals surface area contributed by atoms with Gasteiger partial charge in [-0.1, -0.05) is 12.1 Å². The number of aromatic amines is 1. The number of nitrogens with one attached hydrogen (secondary N) is 1. The van der Waals surface area contributed by atoms with Crippen LogP contribution in [0.4, 0.5) is 13.2 Å². The van der Waals surface area contributed by atoms with Crippen LogP contribution >= 0.6 is 0 Å². The molecular formula is C21H27F3N4O2. The Morgan fingerprint density at radius 2 is 1.67 bits per heavy atom. The summed E-state index contributed by atoms with van der Waals surface area (Å²) < 4.78 is 40.4. The van der Waals surface area contributed by atoms with Crippen LogP contribution in [0.1, 0.15) is 37.3 Å². The summed E-state index contributed by atoms with van der Waals surface area (Å²) in [5, 5.41) is 10.7. The van der Waals surface area contributed by atoms with Crippen LogP contribution in [-0.4, -0.2) is 63.7 Å². The van der Waals surface area contributed by atoms with Crippen LogP contribution in [0.5, 0.6) is 5.88 Å². The molecule has 1 aromatic carbocycles. The molecule has 0 atom stereocenters. The standard InChI is InChI=1S/C21H27F3N4O2/c1-26-9-5-16(6-10-26)27-11-7-17(8-12-27)28-19(29)18(25-20(28)30)14-3-2-4-15(13-14)21(22,23)24/h2-4,13,16-17,29H,5-12H2,1H3,(H,25,30). The van der Waals surface area contributed by atoms with E-state index in [1.165, 1.54) is 16.7 Å². The predicted octanol–water partition coefficient (Wildman–Crippen LogP) is 3.30. The molecule has 0 bridgehead atoms. The van der Waals surface area contributed by atoms with Gasteiger partial charge in [0, 0.05) is 30.7 Å². The molecule has 0 radical (unpaired) electrons. The second kappa shape index (κ2) is 8.11. The minimum atomic E-state index is -4.49. The molecule has 2 aromatic rings. The third-order valence-electron chi connectivity index (χ3n) is 6.45. The van der Waals surface area contributed by atoms with Crippen molar-refractivity contribution >= 4 is 0 Å². The van der Waals surface area contributed by atoms with Crippen molar-refractivity contribution < 1.29 is 18.3 Å². The number of piperidine rings is 2. The number of halogens is 3. The Hall–Kier alpha value is -2.26. The SMILES string of the molecule is CN1CCC(N2CCC(n3c(O)c(-c4cccc(C(F)(F)F)c4)[nH]c3=O)CC2)CC1. The Morgan fingerprint density at radius 3 is 2.30 bits per heavy atom. The largest absolute Gasteiger partial charge is 0.493 e. The Morgan fingerprint density at radius 1 is 1.03 bits per heavy atom. The minimum absolute atomic E-state index is 0.0313. The van der Waals surface area contributed by atoms with Crippen LogP contribution in [-0.2, 0) is 6.18 Å². The maximum atomic E-state index is 13.0. The van der Waals surface area contributed by atoms with Crippen LogP contribution in [0.3, 0.4) is 0 Å². The van der Waals surface area contributed by atoms with Gasteiger partial charge in [0.05, 0.1) is 5.56 Å². The van der Waals surface area contributed by atoms with Gasteiger partial charge in [-0.2, -0.15) is 13.2 Å². The second-order valence-electron chi connectivity index (χ2n) is 8.38. The molecule has 4 rings (SSSR count). The Balaban J connectivity index is 1.51. The number of aromatic nitrogens is 2. The second-order valence-corrected chi connectivity index (χ2v) is 8.38. The van der Waals surface area contributed by atoms with E-state index in [0.717, 1.165) is 64.0 Å². The monoisotopic (exact) mass is 424 g/mol. The number of aromatic hydroxyl groups is 1. The fourth-order valence-electron chi connectivity index (χ4n) is 4.70. The van der Waals surface area contributed by atoms with Crippen molar-refractivity contribution in [1.82, 2.24) is 19.4 Å². The van der Waals surface area contributed by atoms with Crippen LogP contribution in [0.15, 0.2) is 29.1 Å². The number of likely N-dealkylation sites (tertiary alicyclic amines) is 2. The van der Waals surface area contributed by atoms with Gasteiger partial charge in [-0.15, -0.1) is 0 Å². The summed E-state index contributed by atoms with van der Waals surface area (Å²) in [7, 11) is 2.13. The molecule has 0 amide bonds. The van der Waals surface area contributed by atoms with Crippen LogP contribution in [0, 0.1) is 0 Å². The molecule has 6 nitrogen and oxygen atoms in total. The molecule has 2 fully saturated rings. The molecule has 164 valence electrons. The molecule has 0 aliphatic carbocycles. The van der Waals surface area contributed by atoms with Gasteiger partial charge in [-0.25, -0.2) is 4.79 Å². The van der Waals surface area contributed by atoms with E-state index >= 15 is 0 Å². The summed E-state index contributed by atoms with van der Waals surface area (Å²) in [6.07, 6.45) is -0.777. The van der Waals surface area contributed by atoms with Gasteiger partial charge >= 0.3 is 11.9 Å². The predicted molar refractivity (Wildman–Crippen MR) is 108 cm³/mol. The lowest BCUT2D eigenvalue weighted by Gasteiger charge is -2.41. The third-order valence-corrected chi connectivity index (χ3v) is 6.45.